The minimum Gasteiger partial charge on any atom is -0.462 e. The van der Waals surface area contributed by atoms with Crippen LogP contribution in [-0.2, 0) is 28.6 Å². The number of allylic oxidation sites excluding steroid dienone is 12. The fourth-order valence-corrected chi connectivity index (χ4v) is 7.52. The van der Waals surface area contributed by atoms with Gasteiger partial charge in [-0.3, -0.25) is 14.4 Å². The molecule has 0 aliphatic carbocycles. The van der Waals surface area contributed by atoms with Crippen LogP contribution in [0.5, 0.6) is 0 Å². The largest absolute Gasteiger partial charge is 0.462 e. The minimum absolute atomic E-state index is 0.0897. The lowest BCUT2D eigenvalue weighted by molar-refractivity contribution is -0.167. The number of unbranched alkanes of at least 4 members (excludes halogenated alkanes) is 27. The van der Waals surface area contributed by atoms with Gasteiger partial charge in [0.15, 0.2) is 6.10 Å². The van der Waals surface area contributed by atoms with E-state index in [4.69, 9.17) is 14.2 Å². The van der Waals surface area contributed by atoms with Crippen molar-refractivity contribution < 1.29 is 28.6 Å². The molecule has 0 spiro atoms. The Morgan fingerprint density at radius 2 is 0.688 bits per heavy atom. The molecule has 0 aliphatic rings. The van der Waals surface area contributed by atoms with Gasteiger partial charge in [0.1, 0.15) is 13.2 Å². The Bertz CT molecular complexity index is 1210. The molecule has 0 heterocycles. The summed E-state index contributed by atoms with van der Waals surface area (Å²) in [5, 5.41) is 0. The first-order valence-electron chi connectivity index (χ1n) is 27.0. The Labute approximate surface area is 395 Å². The molecular formula is C58H100O6. The molecule has 6 nitrogen and oxygen atoms in total. The average molecular weight is 893 g/mol. The average Bonchev–Trinajstić information content (AvgIpc) is 3.29. The molecule has 368 valence electrons. The molecule has 0 rings (SSSR count). The summed E-state index contributed by atoms with van der Waals surface area (Å²) in [6, 6.07) is 0. The van der Waals surface area contributed by atoms with Crippen LogP contribution < -0.4 is 0 Å². The molecule has 1 atom stereocenters. The highest BCUT2D eigenvalue weighted by Gasteiger charge is 2.19. The summed E-state index contributed by atoms with van der Waals surface area (Å²) >= 11 is 0. The van der Waals surface area contributed by atoms with Gasteiger partial charge in [-0.1, -0.05) is 241 Å². The van der Waals surface area contributed by atoms with Crippen LogP contribution in [0, 0.1) is 0 Å². The van der Waals surface area contributed by atoms with Crippen molar-refractivity contribution >= 4 is 17.9 Å². The van der Waals surface area contributed by atoms with Gasteiger partial charge in [-0.2, -0.15) is 0 Å². The molecule has 0 aromatic carbocycles. The summed E-state index contributed by atoms with van der Waals surface area (Å²) in [6.45, 7) is 6.37. The predicted octanol–water partition coefficient (Wildman–Crippen LogP) is 17.8. The normalized spacial score (nSPS) is 12.6. The number of ether oxygens (including phenoxy) is 3. The third-order valence-corrected chi connectivity index (χ3v) is 11.5. The molecule has 6 heteroatoms. The molecule has 0 radical (unpaired) electrons. The number of rotatable bonds is 48. The van der Waals surface area contributed by atoms with Crippen molar-refractivity contribution in [2.75, 3.05) is 13.2 Å². The van der Waals surface area contributed by atoms with Gasteiger partial charge in [-0.15, -0.1) is 0 Å². The van der Waals surface area contributed by atoms with E-state index in [1.807, 2.05) is 0 Å². The van der Waals surface area contributed by atoms with Crippen LogP contribution in [0.25, 0.3) is 0 Å². The molecule has 1 unspecified atom stereocenters. The highest BCUT2D eigenvalue weighted by molar-refractivity contribution is 5.71. The first-order valence-corrected chi connectivity index (χ1v) is 27.0. The third-order valence-electron chi connectivity index (χ3n) is 11.5. The van der Waals surface area contributed by atoms with Crippen LogP contribution in [-0.4, -0.2) is 37.2 Å². The summed E-state index contributed by atoms with van der Waals surface area (Å²) < 4.78 is 16.8. The predicted molar refractivity (Wildman–Crippen MR) is 274 cm³/mol. The molecule has 0 saturated carbocycles. The van der Waals surface area contributed by atoms with Crippen LogP contribution in [0.2, 0.25) is 0 Å². The number of hydrogen-bond donors (Lipinski definition) is 0. The Hall–Kier alpha value is -3.15. The van der Waals surface area contributed by atoms with E-state index in [-0.39, 0.29) is 31.1 Å². The number of esters is 3. The quantitative estimate of drug-likeness (QED) is 0.0199. The third kappa shape index (κ3) is 49.9. The van der Waals surface area contributed by atoms with Gasteiger partial charge in [0.05, 0.1) is 0 Å². The lowest BCUT2D eigenvalue weighted by Crippen LogP contribution is -2.30. The lowest BCUT2D eigenvalue weighted by Gasteiger charge is -2.18. The zero-order valence-corrected chi connectivity index (χ0v) is 42.0. The zero-order valence-electron chi connectivity index (χ0n) is 42.0. The highest BCUT2D eigenvalue weighted by atomic mass is 16.6. The summed E-state index contributed by atoms with van der Waals surface area (Å²) in [4.78, 5) is 38.0. The second kappa shape index (κ2) is 52.5. The van der Waals surface area contributed by atoms with Gasteiger partial charge in [-0.25, -0.2) is 0 Å². The molecule has 64 heavy (non-hydrogen) atoms. The van der Waals surface area contributed by atoms with Crippen molar-refractivity contribution in [3.05, 3.63) is 72.9 Å². The van der Waals surface area contributed by atoms with Crippen LogP contribution in [0.1, 0.15) is 258 Å². The molecule has 0 amide bonds. The van der Waals surface area contributed by atoms with Crippen LogP contribution in [0.4, 0.5) is 0 Å². The standard InChI is InChI=1S/C58H100O6/c1-4-7-10-13-16-19-22-25-27-28-29-30-31-34-36-39-42-45-48-51-57(60)63-54-55(53-62-56(59)50-47-44-41-38-35-32-24-21-18-15-12-9-6-3)64-58(61)52-49-46-43-40-37-33-26-23-20-17-14-11-8-5-2/h8-9,11-12,15,17-18,20-21,24,26,33,55H,4-7,10,13-14,16,19,22-23,25,27-32,34-54H2,1-3H3/b11-8+,12-9+,18-15+,20-17+,24-21+,33-26+. The van der Waals surface area contributed by atoms with Crippen LogP contribution in [0.15, 0.2) is 72.9 Å². The molecule has 0 aromatic rings. The van der Waals surface area contributed by atoms with Crippen LogP contribution in [0.3, 0.4) is 0 Å². The monoisotopic (exact) mass is 893 g/mol. The summed E-state index contributed by atoms with van der Waals surface area (Å²) in [7, 11) is 0. The Balaban J connectivity index is 4.37. The smallest absolute Gasteiger partial charge is 0.306 e. The second-order valence-electron chi connectivity index (χ2n) is 17.8. The summed E-state index contributed by atoms with van der Waals surface area (Å²) in [6.07, 6.45) is 66.1. The molecule has 0 fully saturated rings. The first-order chi connectivity index (χ1) is 31.5. The van der Waals surface area contributed by atoms with Gasteiger partial charge in [0.25, 0.3) is 0 Å². The Morgan fingerprint density at radius 1 is 0.344 bits per heavy atom. The SMILES string of the molecule is CC/C=C/C=C/C=C/CCCCCCCC(=O)OCC(COC(=O)CCCCCCCCCCCCCCCCCCCCC)OC(=O)CCCCCC/C=C/C/C=C/C/C=C/CC. The molecule has 0 aromatic heterocycles. The van der Waals surface area contributed by atoms with Gasteiger partial charge in [0.2, 0.25) is 0 Å². The van der Waals surface area contributed by atoms with E-state index in [0.29, 0.717) is 19.3 Å². The first kappa shape index (κ1) is 60.9. The number of carbonyl (C=O) groups is 3. The van der Waals surface area contributed by atoms with E-state index in [0.717, 1.165) is 116 Å². The van der Waals surface area contributed by atoms with Gasteiger partial charge >= 0.3 is 17.9 Å². The van der Waals surface area contributed by atoms with Gasteiger partial charge in [0, 0.05) is 19.3 Å². The van der Waals surface area contributed by atoms with E-state index >= 15 is 0 Å². The van der Waals surface area contributed by atoms with E-state index < -0.39 is 6.10 Å². The fraction of sp³-hybridized carbons (Fsp3) is 0.741. The number of hydrogen-bond acceptors (Lipinski definition) is 6. The maximum absolute atomic E-state index is 12.8. The maximum Gasteiger partial charge on any atom is 0.306 e. The van der Waals surface area contributed by atoms with Crippen molar-refractivity contribution in [3.8, 4) is 0 Å². The van der Waals surface area contributed by atoms with Crippen LogP contribution >= 0.6 is 0 Å². The van der Waals surface area contributed by atoms with Gasteiger partial charge < -0.3 is 14.2 Å². The maximum atomic E-state index is 12.8. The fourth-order valence-electron chi connectivity index (χ4n) is 7.52. The summed E-state index contributed by atoms with van der Waals surface area (Å²) in [5.41, 5.74) is 0. The molecule has 0 bridgehead atoms. The Morgan fingerprint density at radius 3 is 1.12 bits per heavy atom. The second-order valence-corrected chi connectivity index (χ2v) is 17.8. The topological polar surface area (TPSA) is 78.9 Å². The number of carbonyl (C=O) groups excluding carboxylic acids is 3. The summed E-state index contributed by atoms with van der Waals surface area (Å²) in [5.74, 6) is -0.928. The highest BCUT2D eigenvalue weighted by Crippen LogP contribution is 2.16. The van der Waals surface area contributed by atoms with Crippen molar-refractivity contribution in [2.45, 2.75) is 264 Å². The molecular weight excluding hydrogens is 793 g/mol. The van der Waals surface area contributed by atoms with Gasteiger partial charge in [-0.05, 0) is 70.6 Å². The van der Waals surface area contributed by atoms with Crippen molar-refractivity contribution in [2.24, 2.45) is 0 Å². The van der Waals surface area contributed by atoms with Crippen molar-refractivity contribution in [3.63, 3.8) is 0 Å². The van der Waals surface area contributed by atoms with E-state index in [1.54, 1.807) is 0 Å². The minimum atomic E-state index is -0.794. The van der Waals surface area contributed by atoms with Crippen molar-refractivity contribution in [1.82, 2.24) is 0 Å². The molecule has 0 aliphatic heterocycles. The Kier molecular flexibility index (Phi) is 49.9. The molecule has 0 N–H and O–H groups in total. The van der Waals surface area contributed by atoms with Crippen molar-refractivity contribution in [1.29, 1.82) is 0 Å². The van der Waals surface area contributed by atoms with E-state index in [9.17, 15) is 14.4 Å². The lowest BCUT2D eigenvalue weighted by atomic mass is 10.0. The van der Waals surface area contributed by atoms with E-state index in [1.165, 1.54) is 103 Å². The zero-order chi connectivity index (χ0) is 46.5. The van der Waals surface area contributed by atoms with E-state index in [2.05, 4.69) is 93.7 Å². The molecule has 0 saturated heterocycles.